The topological polar surface area (TPSA) is 55.6 Å². The van der Waals surface area contributed by atoms with Crippen molar-refractivity contribution >= 4 is 5.91 Å². The van der Waals surface area contributed by atoms with Crippen LogP contribution in [0.15, 0.2) is 30.3 Å². The molecule has 17 heavy (non-hydrogen) atoms. The van der Waals surface area contributed by atoms with E-state index in [1.165, 1.54) is 0 Å². The summed E-state index contributed by atoms with van der Waals surface area (Å²) < 4.78 is 5.22. The molecule has 1 saturated heterocycles. The van der Waals surface area contributed by atoms with Gasteiger partial charge in [0.05, 0.1) is 5.54 Å². The highest BCUT2D eigenvalue weighted by Gasteiger charge is 2.41. The van der Waals surface area contributed by atoms with E-state index in [4.69, 9.17) is 10.5 Å². The number of hydrogen-bond acceptors (Lipinski definition) is 3. The third-order valence-corrected chi connectivity index (χ3v) is 3.35. The Morgan fingerprint density at radius 3 is 2.65 bits per heavy atom. The van der Waals surface area contributed by atoms with Crippen molar-refractivity contribution in [1.29, 1.82) is 0 Å². The molecule has 0 aliphatic carbocycles. The van der Waals surface area contributed by atoms with Gasteiger partial charge < -0.3 is 15.4 Å². The van der Waals surface area contributed by atoms with Gasteiger partial charge in [-0.1, -0.05) is 30.3 Å². The number of rotatable bonds is 2. The molecule has 1 aliphatic rings. The highest BCUT2D eigenvalue weighted by atomic mass is 16.5. The monoisotopic (exact) mass is 234 g/mol. The lowest BCUT2D eigenvalue weighted by Gasteiger charge is -2.41. The van der Waals surface area contributed by atoms with Gasteiger partial charge in [0.25, 0.3) is 5.91 Å². The molecule has 2 rings (SSSR count). The number of carbonyl (C=O) groups is 1. The number of likely N-dealkylation sites (tertiary alicyclic amines) is 1. The molecule has 0 spiro atoms. The van der Waals surface area contributed by atoms with E-state index in [2.05, 4.69) is 0 Å². The Morgan fingerprint density at radius 2 is 2.06 bits per heavy atom. The third-order valence-electron chi connectivity index (χ3n) is 3.35. The van der Waals surface area contributed by atoms with Crippen LogP contribution in [-0.4, -0.2) is 37.6 Å². The van der Waals surface area contributed by atoms with Crippen molar-refractivity contribution in [2.45, 2.75) is 18.1 Å². The third kappa shape index (κ3) is 2.18. The van der Waals surface area contributed by atoms with Crippen molar-refractivity contribution < 1.29 is 9.53 Å². The van der Waals surface area contributed by atoms with Crippen LogP contribution in [0.5, 0.6) is 0 Å². The van der Waals surface area contributed by atoms with E-state index in [0.717, 1.165) is 5.56 Å². The summed E-state index contributed by atoms with van der Waals surface area (Å²) in [5.41, 5.74) is 6.94. The Balaban J connectivity index is 2.30. The predicted molar refractivity (Wildman–Crippen MR) is 65.4 cm³/mol. The fourth-order valence-corrected chi connectivity index (χ4v) is 2.39. The highest BCUT2D eigenvalue weighted by molar-refractivity contribution is 5.82. The largest absolute Gasteiger partial charge is 0.372 e. The molecule has 0 bridgehead atoms. The number of benzene rings is 1. The first-order chi connectivity index (χ1) is 8.07. The van der Waals surface area contributed by atoms with Crippen LogP contribution >= 0.6 is 0 Å². The minimum Gasteiger partial charge on any atom is -0.372 e. The average molecular weight is 234 g/mol. The molecule has 1 aromatic carbocycles. The van der Waals surface area contributed by atoms with Gasteiger partial charge in [0.15, 0.2) is 0 Å². The van der Waals surface area contributed by atoms with Gasteiger partial charge in [-0.15, -0.1) is 0 Å². The summed E-state index contributed by atoms with van der Waals surface area (Å²) in [5, 5.41) is 0. The van der Waals surface area contributed by atoms with Crippen LogP contribution in [0.2, 0.25) is 0 Å². The van der Waals surface area contributed by atoms with Gasteiger partial charge in [-0.25, -0.2) is 0 Å². The molecular formula is C13H18N2O2. The molecule has 1 amide bonds. The second-order valence-corrected chi connectivity index (χ2v) is 4.64. The van der Waals surface area contributed by atoms with E-state index in [9.17, 15) is 4.79 Å². The summed E-state index contributed by atoms with van der Waals surface area (Å²) in [7, 11) is 3.31. The predicted octanol–water partition coefficient (Wildman–Crippen LogP) is 0.718. The SMILES string of the molecule is CO[C@H]1C[C@](N)(c2ccccc2)CN(C)C1=O. The Kier molecular flexibility index (Phi) is 3.17. The number of nitrogens with zero attached hydrogens (tertiary/aromatic N) is 1. The lowest BCUT2D eigenvalue weighted by molar-refractivity contribution is -0.147. The molecule has 2 atom stereocenters. The van der Waals surface area contributed by atoms with Crippen molar-refractivity contribution in [2.24, 2.45) is 5.73 Å². The van der Waals surface area contributed by atoms with Gasteiger partial charge in [0, 0.05) is 27.1 Å². The van der Waals surface area contributed by atoms with E-state index in [1.807, 2.05) is 30.3 Å². The molecule has 4 heteroatoms. The van der Waals surface area contributed by atoms with E-state index < -0.39 is 11.6 Å². The molecule has 1 fully saturated rings. The number of piperidine rings is 1. The van der Waals surface area contributed by atoms with Crippen LogP contribution in [-0.2, 0) is 15.1 Å². The minimum atomic E-state index is -0.523. The van der Waals surface area contributed by atoms with Gasteiger partial charge in [-0.2, -0.15) is 0 Å². The van der Waals surface area contributed by atoms with E-state index in [0.29, 0.717) is 13.0 Å². The maximum atomic E-state index is 11.8. The van der Waals surface area contributed by atoms with Crippen LogP contribution in [0.25, 0.3) is 0 Å². The summed E-state index contributed by atoms with van der Waals surface area (Å²) in [5.74, 6) is 0.00417. The van der Waals surface area contributed by atoms with Crippen LogP contribution in [0.1, 0.15) is 12.0 Å². The zero-order valence-corrected chi connectivity index (χ0v) is 10.2. The van der Waals surface area contributed by atoms with Gasteiger partial charge in [-0.3, -0.25) is 4.79 Å². The number of amides is 1. The van der Waals surface area contributed by atoms with Crippen molar-refractivity contribution in [3.8, 4) is 0 Å². The Bertz CT molecular complexity index is 407. The first-order valence-corrected chi connectivity index (χ1v) is 5.69. The number of hydrogen-bond donors (Lipinski definition) is 1. The molecule has 1 aliphatic heterocycles. The van der Waals surface area contributed by atoms with Crippen molar-refractivity contribution in [3.63, 3.8) is 0 Å². The quantitative estimate of drug-likeness (QED) is 0.820. The molecule has 0 radical (unpaired) electrons. The minimum absolute atomic E-state index is 0.00417. The zero-order chi connectivity index (χ0) is 12.5. The van der Waals surface area contributed by atoms with Crippen molar-refractivity contribution in [3.05, 3.63) is 35.9 Å². The van der Waals surface area contributed by atoms with E-state index in [1.54, 1.807) is 19.1 Å². The summed E-state index contributed by atoms with van der Waals surface area (Å²) in [6.07, 6.45) is 0.0791. The molecule has 4 nitrogen and oxygen atoms in total. The second-order valence-electron chi connectivity index (χ2n) is 4.64. The standard InChI is InChI=1S/C13H18N2O2/c1-15-9-13(14,8-11(17-2)12(15)16)10-6-4-3-5-7-10/h3-7,11H,8-9,14H2,1-2H3/t11-,13+/m0/s1. The highest BCUT2D eigenvalue weighted by Crippen LogP contribution is 2.30. The number of carbonyl (C=O) groups excluding carboxylic acids is 1. The zero-order valence-electron chi connectivity index (χ0n) is 10.2. The maximum absolute atomic E-state index is 11.8. The molecule has 0 unspecified atom stereocenters. The Morgan fingerprint density at radius 1 is 1.41 bits per heavy atom. The Hall–Kier alpha value is -1.39. The van der Waals surface area contributed by atoms with Crippen LogP contribution in [0, 0.1) is 0 Å². The van der Waals surface area contributed by atoms with E-state index in [-0.39, 0.29) is 5.91 Å². The van der Waals surface area contributed by atoms with Gasteiger partial charge in [-0.05, 0) is 5.56 Å². The smallest absolute Gasteiger partial charge is 0.251 e. The molecule has 2 N–H and O–H groups in total. The molecule has 0 aromatic heterocycles. The molecular weight excluding hydrogens is 216 g/mol. The van der Waals surface area contributed by atoms with Crippen molar-refractivity contribution in [1.82, 2.24) is 4.90 Å². The lowest BCUT2D eigenvalue weighted by atomic mass is 9.82. The lowest BCUT2D eigenvalue weighted by Crippen LogP contribution is -2.58. The van der Waals surface area contributed by atoms with Gasteiger partial charge in [0.1, 0.15) is 6.10 Å². The average Bonchev–Trinajstić information content (AvgIpc) is 2.35. The van der Waals surface area contributed by atoms with Crippen LogP contribution < -0.4 is 5.73 Å². The normalized spacial score (nSPS) is 29.5. The van der Waals surface area contributed by atoms with Gasteiger partial charge in [0.2, 0.25) is 0 Å². The van der Waals surface area contributed by atoms with E-state index >= 15 is 0 Å². The fourth-order valence-electron chi connectivity index (χ4n) is 2.39. The maximum Gasteiger partial charge on any atom is 0.251 e. The number of nitrogens with two attached hydrogens (primary N) is 1. The van der Waals surface area contributed by atoms with Crippen molar-refractivity contribution in [2.75, 3.05) is 20.7 Å². The summed E-state index contributed by atoms with van der Waals surface area (Å²) in [6.45, 7) is 0.524. The van der Waals surface area contributed by atoms with Crippen LogP contribution in [0.4, 0.5) is 0 Å². The molecule has 1 heterocycles. The van der Waals surface area contributed by atoms with Crippen LogP contribution in [0.3, 0.4) is 0 Å². The van der Waals surface area contributed by atoms with Gasteiger partial charge >= 0.3 is 0 Å². The second kappa shape index (κ2) is 4.47. The number of methoxy groups -OCH3 is 1. The molecule has 0 saturated carbocycles. The first kappa shape index (κ1) is 12.1. The first-order valence-electron chi connectivity index (χ1n) is 5.69. The fraction of sp³-hybridized carbons (Fsp3) is 0.462. The summed E-state index contributed by atoms with van der Waals surface area (Å²) in [4.78, 5) is 13.5. The molecule has 1 aromatic rings. The number of likely N-dealkylation sites (N-methyl/N-ethyl adjacent to an activating group) is 1. The summed E-state index contributed by atoms with van der Waals surface area (Å²) in [6, 6.07) is 9.87. The Labute approximate surface area is 101 Å². The summed E-state index contributed by atoms with van der Waals surface area (Å²) >= 11 is 0. The number of ether oxygens (including phenoxy) is 1. The molecule has 92 valence electrons.